The van der Waals surface area contributed by atoms with Crippen molar-refractivity contribution in [3.8, 4) is 0 Å². The molecule has 17 heavy (non-hydrogen) atoms. The molecule has 0 heterocycles. The van der Waals surface area contributed by atoms with Gasteiger partial charge in [0.05, 0.1) is 6.10 Å². The first-order valence-electron chi connectivity index (χ1n) is 5.95. The van der Waals surface area contributed by atoms with E-state index in [2.05, 4.69) is 0 Å². The maximum atomic E-state index is 13.1. The lowest BCUT2D eigenvalue weighted by molar-refractivity contribution is 0.101. The van der Waals surface area contributed by atoms with E-state index in [0.717, 1.165) is 11.1 Å². The van der Waals surface area contributed by atoms with E-state index in [1.165, 1.54) is 12.1 Å². The molecule has 2 atom stereocenters. The Kier molecular flexibility index (Phi) is 5.59. The summed E-state index contributed by atoms with van der Waals surface area (Å²) in [5, 5.41) is 9.94. The zero-order valence-corrected chi connectivity index (χ0v) is 10.7. The fraction of sp³-hybridized carbons (Fsp3) is 0.571. The number of aliphatic hydroxyl groups is 1. The molecule has 2 unspecified atom stereocenters. The molecule has 2 nitrogen and oxygen atoms in total. The van der Waals surface area contributed by atoms with Gasteiger partial charge in [0.1, 0.15) is 5.82 Å². The average Bonchev–Trinajstić information content (AvgIpc) is 2.23. The number of hydrogen-bond donors (Lipinski definition) is 1. The first kappa shape index (κ1) is 14.1. The van der Waals surface area contributed by atoms with E-state index in [4.69, 9.17) is 4.74 Å². The largest absolute Gasteiger partial charge is 0.393 e. The van der Waals surface area contributed by atoms with Crippen molar-refractivity contribution in [2.45, 2.75) is 32.8 Å². The van der Waals surface area contributed by atoms with Gasteiger partial charge in [-0.3, -0.25) is 0 Å². The second-order valence-corrected chi connectivity index (χ2v) is 4.72. The Labute approximate surface area is 102 Å². The number of halogens is 1. The number of methoxy groups -OCH3 is 1. The number of ether oxygens (including phenoxy) is 1. The Balaban J connectivity index is 2.55. The predicted octanol–water partition coefficient (Wildman–Crippen LogP) is 2.71. The average molecular weight is 240 g/mol. The van der Waals surface area contributed by atoms with Crippen LogP contribution in [0.3, 0.4) is 0 Å². The summed E-state index contributed by atoms with van der Waals surface area (Å²) in [7, 11) is 1.65. The monoisotopic (exact) mass is 240 g/mol. The van der Waals surface area contributed by atoms with E-state index in [-0.39, 0.29) is 5.82 Å². The van der Waals surface area contributed by atoms with Crippen LogP contribution in [0.25, 0.3) is 0 Å². The SMILES string of the molecule is COCC(C)CC(O)Cc1cc(F)ccc1C. The summed E-state index contributed by atoms with van der Waals surface area (Å²) in [6.07, 6.45) is 0.724. The van der Waals surface area contributed by atoms with Gasteiger partial charge in [-0.25, -0.2) is 4.39 Å². The van der Waals surface area contributed by atoms with Crippen LogP contribution >= 0.6 is 0 Å². The third-order valence-electron chi connectivity index (χ3n) is 2.89. The Hall–Kier alpha value is -0.930. The van der Waals surface area contributed by atoms with Gasteiger partial charge < -0.3 is 9.84 Å². The van der Waals surface area contributed by atoms with Crippen molar-refractivity contribution in [2.75, 3.05) is 13.7 Å². The summed E-state index contributed by atoms with van der Waals surface area (Å²) in [5.41, 5.74) is 1.90. The third-order valence-corrected chi connectivity index (χ3v) is 2.89. The van der Waals surface area contributed by atoms with Crippen LogP contribution in [0.1, 0.15) is 24.5 Å². The lowest BCUT2D eigenvalue weighted by atomic mass is 9.96. The van der Waals surface area contributed by atoms with Crippen molar-refractivity contribution in [1.29, 1.82) is 0 Å². The molecule has 0 radical (unpaired) electrons. The quantitative estimate of drug-likeness (QED) is 0.828. The van der Waals surface area contributed by atoms with Crippen LogP contribution in [-0.2, 0) is 11.2 Å². The van der Waals surface area contributed by atoms with Gasteiger partial charge in [-0.2, -0.15) is 0 Å². The molecule has 1 aromatic carbocycles. The smallest absolute Gasteiger partial charge is 0.123 e. The van der Waals surface area contributed by atoms with E-state index in [1.54, 1.807) is 13.2 Å². The molecule has 0 bridgehead atoms. The van der Waals surface area contributed by atoms with Crippen molar-refractivity contribution < 1.29 is 14.2 Å². The maximum absolute atomic E-state index is 13.1. The molecule has 0 aliphatic rings. The van der Waals surface area contributed by atoms with Gasteiger partial charge in [-0.05, 0) is 48.9 Å². The van der Waals surface area contributed by atoms with Gasteiger partial charge in [0.25, 0.3) is 0 Å². The van der Waals surface area contributed by atoms with Crippen molar-refractivity contribution in [3.63, 3.8) is 0 Å². The van der Waals surface area contributed by atoms with Gasteiger partial charge in [0.15, 0.2) is 0 Å². The highest BCUT2D eigenvalue weighted by atomic mass is 19.1. The van der Waals surface area contributed by atoms with Crippen molar-refractivity contribution in [3.05, 3.63) is 35.1 Å². The fourth-order valence-electron chi connectivity index (χ4n) is 2.01. The van der Waals surface area contributed by atoms with Gasteiger partial charge >= 0.3 is 0 Å². The lowest BCUT2D eigenvalue weighted by Crippen LogP contribution is -2.18. The van der Waals surface area contributed by atoms with E-state index in [0.29, 0.717) is 25.4 Å². The highest BCUT2D eigenvalue weighted by Crippen LogP contribution is 2.16. The van der Waals surface area contributed by atoms with E-state index < -0.39 is 6.10 Å². The van der Waals surface area contributed by atoms with Gasteiger partial charge in [0.2, 0.25) is 0 Å². The molecule has 0 saturated heterocycles. The molecule has 0 amide bonds. The van der Waals surface area contributed by atoms with Gasteiger partial charge in [0, 0.05) is 13.7 Å². The predicted molar refractivity (Wildman–Crippen MR) is 66.5 cm³/mol. The van der Waals surface area contributed by atoms with Crippen LogP contribution in [0.5, 0.6) is 0 Å². The molecular formula is C14H21FO2. The van der Waals surface area contributed by atoms with Crippen LogP contribution < -0.4 is 0 Å². The van der Waals surface area contributed by atoms with Crippen molar-refractivity contribution >= 4 is 0 Å². The molecule has 0 spiro atoms. The van der Waals surface area contributed by atoms with Crippen LogP contribution in [0, 0.1) is 18.7 Å². The second-order valence-electron chi connectivity index (χ2n) is 4.72. The van der Waals surface area contributed by atoms with E-state index in [9.17, 15) is 9.50 Å². The highest BCUT2D eigenvalue weighted by molar-refractivity contribution is 5.27. The molecule has 1 N–H and O–H groups in total. The van der Waals surface area contributed by atoms with Crippen LogP contribution in [0.2, 0.25) is 0 Å². The van der Waals surface area contributed by atoms with E-state index >= 15 is 0 Å². The number of rotatable bonds is 6. The van der Waals surface area contributed by atoms with Gasteiger partial charge in [-0.15, -0.1) is 0 Å². The molecule has 0 saturated carbocycles. The Morgan fingerprint density at radius 1 is 1.41 bits per heavy atom. The minimum atomic E-state index is -0.444. The molecule has 0 aromatic heterocycles. The molecular weight excluding hydrogens is 219 g/mol. The topological polar surface area (TPSA) is 29.5 Å². The number of aliphatic hydroxyl groups excluding tert-OH is 1. The second kappa shape index (κ2) is 6.72. The summed E-state index contributed by atoms with van der Waals surface area (Å²) in [6, 6.07) is 4.69. The Morgan fingerprint density at radius 2 is 2.12 bits per heavy atom. The summed E-state index contributed by atoms with van der Waals surface area (Å²) >= 11 is 0. The number of hydrogen-bond acceptors (Lipinski definition) is 2. The maximum Gasteiger partial charge on any atom is 0.123 e. The third kappa shape index (κ3) is 4.84. The normalized spacial score (nSPS) is 14.6. The van der Waals surface area contributed by atoms with Gasteiger partial charge in [-0.1, -0.05) is 13.0 Å². The first-order chi connectivity index (χ1) is 8.02. The molecule has 0 aliphatic heterocycles. The highest BCUT2D eigenvalue weighted by Gasteiger charge is 2.12. The van der Waals surface area contributed by atoms with Crippen LogP contribution in [0.15, 0.2) is 18.2 Å². The first-order valence-corrected chi connectivity index (χ1v) is 5.95. The number of benzene rings is 1. The van der Waals surface area contributed by atoms with Crippen molar-refractivity contribution in [1.82, 2.24) is 0 Å². The minimum Gasteiger partial charge on any atom is -0.393 e. The van der Waals surface area contributed by atoms with Crippen LogP contribution in [-0.4, -0.2) is 24.9 Å². The van der Waals surface area contributed by atoms with Crippen LogP contribution in [0.4, 0.5) is 4.39 Å². The summed E-state index contributed by atoms with van der Waals surface area (Å²) in [5.74, 6) is 0.0617. The molecule has 1 aromatic rings. The molecule has 0 aliphatic carbocycles. The molecule has 96 valence electrons. The Morgan fingerprint density at radius 3 is 2.76 bits per heavy atom. The fourth-order valence-corrected chi connectivity index (χ4v) is 2.01. The molecule has 0 fully saturated rings. The molecule has 3 heteroatoms. The summed E-state index contributed by atoms with van der Waals surface area (Å²) in [4.78, 5) is 0. The zero-order chi connectivity index (χ0) is 12.8. The molecule has 1 rings (SSSR count). The standard InChI is InChI=1S/C14H21FO2/c1-10(9-17-3)6-14(16)8-12-7-13(15)5-4-11(12)2/h4-5,7,10,14,16H,6,8-9H2,1-3H3. The summed E-state index contributed by atoms with van der Waals surface area (Å²) < 4.78 is 18.1. The van der Waals surface area contributed by atoms with Crippen molar-refractivity contribution in [2.24, 2.45) is 5.92 Å². The lowest BCUT2D eigenvalue weighted by Gasteiger charge is -2.16. The minimum absolute atomic E-state index is 0.247. The Bertz CT molecular complexity index is 352. The number of aryl methyl sites for hydroxylation is 1. The zero-order valence-electron chi connectivity index (χ0n) is 10.7. The van der Waals surface area contributed by atoms with E-state index in [1.807, 2.05) is 13.8 Å². The summed E-state index contributed by atoms with van der Waals surface area (Å²) in [6.45, 7) is 4.60.